The fraction of sp³-hybridized carbons (Fsp3) is 0.625. The molecular formula is C16H25N3O2. The Bertz CT molecular complexity index is 499. The van der Waals surface area contributed by atoms with E-state index in [-0.39, 0.29) is 0 Å². The lowest BCUT2D eigenvalue weighted by molar-refractivity contribution is 0.106. The molecule has 5 heteroatoms. The Labute approximate surface area is 126 Å². The average molecular weight is 291 g/mol. The summed E-state index contributed by atoms with van der Waals surface area (Å²) in [5.41, 5.74) is 2.71. The third-order valence-electron chi connectivity index (χ3n) is 4.64. The van der Waals surface area contributed by atoms with Gasteiger partial charge < -0.3 is 19.7 Å². The zero-order valence-corrected chi connectivity index (χ0v) is 13.2. The van der Waals surface area contributed by atoms with Gasteiger partial charge in [-0.1, -0.05) is 0 Å². The first kappa shape index (κ1) is 14.6. The fourth-order valence-electron chi connectivity index (χ4n) is 3.31. The predicted molar refractivity (Wildman–Crippen MR) is 83.1 cm³/mol. The first-order chi connectivity index (χ1) is 10.2. The van der Waals surface area contributed by atoms with E-state index in [1.165, 1.54) is 11.1 Å². The van der Waals surface area contributed by atoms with Gasteiger partial charge >= 0.3 is 0 Å². The number of methoxy groups -OCH3 is 2. The number of piperazine rings is 1. The van der Waals surface area contributed by atoms with Crippen molar-refractivity contribution in [2.45, 2.75) is 12.6 Å². The third kappa shape index (κ3) is 2.86. The molecule has 1 fully saturated rings. The second kappa shape index (κ2) is 6.22. The number of nitrogens with one attached hydrogen (secondary N) is 1. The monoisotopic (exact) mass is 291 g/mol. The molecule has 5 nitrogen and oxygen atoms in total. The van der Waals surface area contributed by atoms with Crippen molar-refractivity contribution in [3.63, 3.8) is 0 Å². The van der Waals surface area contributed by atoms with Gasteiger partial charge in [0.15, 0.2) is 11.5 Å². The molecule has 1 saturated heterocycles. The lowest BCUT2D eigenvalue weighted by Gasteiger charge is -2.40. The van der Waals surface area contributed by atoms with E-state index in [2.05, 4.69) is 34.3 Å². The van der Waals surface area contributed by atoms with Crippen LogP contribution >= 0.6 is 0 Å². The van der Waals surface area contributed by atoms with E-state index < -0.39 is 0 Å². The Morgan fingerprint density at radius 3 is 2.38 bits per heavy atom. The Morgan fingerprint density at radius 1 is 1.05 bits per heavy atom. The normalized spacial score (nSPS) is 23.7. The molecule has 1 aromatic carbocycles. The Morgan fingerprint density at radius 2 is 1.71 bits per heavy atom. The summed E-state index contributed by atoms with van der Waals surface area (Å²) in [6, 6.07) is 4.71. The van der Waals surface area contributed by atoms with Crippen molar-refractivity contribution in [3.8, 4) is 11.5 Å². The molecule has 0 bridgehead atoms. The molecular weight excluding hydrogens is 266 g/mol. The van der Waals surface area contributed by atoms with Crippen LogP contribution in [0.1, 0.15) is 17.2 Å². The van der Waals surface area contributed by atoms with Gasteiger partial charge in [0.05, 0.1) is 14.2 Å². The van der Waals surface area contributed by atoms with E-state index in [1.807, 2.05) is 0 Å². The highest BCUT2D eigenvalue weighted by Crippen LogP contribution is 2.36. The van der Waals surface area contributed by atoms with Crippen molar-refractivity contribution < 1.29 is 9.47 Å². The van der Waals surface area contributed by atoms with E-state index in [0.29, 0.717) is 6.04 Å². The minimum absolute atomic E-state index is 0.433. The molecule has 0 spiro atoms. The number of hydrogen-bond acceptors (Lipinski definition) is 5. The largest absolute Gasteiger partial charge is 0.493 e. The minimum atomic E-state index is 0.433. The van der Waals surface area contributed by atoms with Gasteiger partial charge in [-0.2, -0.15) is 0 Å². The van der Waals surface area contributed by atoms with Gasteiger partial charge in [-0.15, -0.1) is 0 Å². The van der Waals surface area contributed by atoms with Crippen molar-refractivity contribution in [2.24, 2.45) is 0 Å². The number of nitrogens with zero attached hydrogens (tertiary/aromatic N) is 2. The molecule has 1 atom stereocenters. The SMILES string of the molecule is COc1cc2c(cc1OC)[C@@H](N1CCN(C)CC1)CNC2. The number of rotatable bonds is 3. The average Bonchev–Trinajstić information content (AvgIpc) is 2.53. The Hall–Kier alpha value is -1.30. The summed E-state index contributed by atoms with van der Waals surface area (Å²) in [5, 5.41) is 3.54. The van der Waals surface area contributed by atoms with Crippen LogP contribution < -0.4 is 14.8 Å². The van der Waals surface area contributed by atoms with Gasteiger partial charge in [0.2, 0.25) is 0 Å². The Kier molecular flexibility index (Phi) is 4.33. The number of hydrogen-bond donors (Lipinski definition) is 1. The van der Waals surface area contributed by atoms with Gasteiger partial charge in [-0.3, -0.25) is 4.90 Å². The van der Waals surface area contributed by atoms with Crippen LogP contribution in [0.25, 0.3) is 0 Å². The van der Waals surface area contributed by atoms with E-state index in [4.69, 9.17) is 9.47 Å². The van der Waals surface area contributed by atoms with E-state index >= 15 is 0 Å². The van der Waals surface area contributed by atoms with Gasteiger partial charge in [-0.25, -0.2) is 0 Å². The second-order valence-corrected chi connectivity index (χ2v) is 5.89. The fourth-order valence-corrected chi connectivity index (χ4v) is 3.31. The van der Waals surface area contributed by atoms with Crippen molar-refractivity contribution in [3.05, 3.63) is 23.3 Å². The molecule has 0 radical (unpaired) electrons. The smallest absolute Gasteiger partial charge is 0.161 e. The number of likely N-dealkylation sites (N-methyl/N-ethyl adjacent to an activating group) is 1. The van der Waals surface area contributed by atoms with Crippen LogP contribution in [-0.2, 0) is 6.54 Å². The molecule has 3 rings (SSSR count). The third-order valence-corrected chi connectivity index (χ3v) is 4.64. The van der Waals surface area contributed by atoms with E-state index in [0.717, 1.165) is 50.8 Å². The maximum Gasteiger partial charge on any atom is 0.161 e. The van der Waals surface area contributed by atoms with Gasteiger partial charge in [-0.05, 0) is 30.3 Å². The zero-order valence-electron chi connectivity index (χ0n) is 13.2. The summed E-state index contributed by atoms with van der Waals surface area (Å²) < 4.78 is 10.9. The van der Waals surface area contributed by atoms with E-state index in [1.54, 1.807) is 14.2 Å². The number of benzene rings is 1. The van der Waals surface area contributed by atoms with Crippen LogP contribution in [-0.4, -0.2) is 63.8 Å². The molecule has 2 aliphatic heterocycles. The molecule has 0 amide bonds. The summed E-state index contributed by atoms with van der Waals surface area (Å²) in [6.07, 6.45) is 0. The van der Waals surface area contributed by atoms with Crippen LogP contribution in [0, 0.1) is 0 Å². The van der Waals surface area contributed by atoms with Crippen LogP contribution in [0.3, 0.4) is 0 Å². The predicted octanol–water partition coefficient (Wildman–Crippen LogP) is 1.10. The summed E-state index contributed by atoms with van der Waals surface area (Å²) >= 11 is 0. The molecule has 2 heterocycles. The van der Waals surface area contributed by atoms with Crippen LogP contribution in [0.2, 0.25) is 0 Å². The molecule has 0 saturated carbocycles. The highest BCUT2D eigenvalue weighted by molar-refractivity contribution is 5.49. The molecule has 1 N–H and O–H groups in total. The van der Waals surface area contributed by atoms with Crippen LogP contribution in [0.5, 0.6) is 11.5 Å². The lowest BCUT2D eigenvalue weighted by atomic mass is 9.94. The standard InChI is InChI=1S/C16H25N3O2/c1-18-4-6-19(7-5-18)14-11-17-10-12-8-15(20-2)16(21-3)9-13(12)14/h8-9,14,17H,4-7,10-11H2,1-3H3/t14-/m0/s1. The molecule has 0 unspecified atom stereocenters. The summed E-state index contributed by atoms with van der Waals surface area (Å²) in [4.78, 5) is 4.97. The van der Waals surface area contributed by atoms with Crippen LogP contribution in [0.4, 0.5) is 0 Å². The first-order valence-electron chi connectivity index (χ1n) is 7.61. The van der Waals surface area contributed by atoms with Gasteiger partial charge in [0, 0.05) is 45.3 Å². The topological polar surface area (TPSA) is 37.0 Å². The minimum Gasteiger partial charge on any atom is -0.493 e. The molecule has 116 valence electrons. The quantitative estimate of drug-likeness (QED) is 0.902. The van der Waals surface area contributed by atoms with E-state index in [9.17, 15) is 0 Å². The van der Waals surface area contributed by atoms with Crippen LogP contribution in [0.15, 0.2) is 12.1 Å². The molecule has 21 heavy (non-hydrogen) atoms. The van der Waals surface area contributed by atoms with Crippen molar-refractivity contribution >= 4 is 0 Å². The maximum atomic E-state index is 5.48. The molecule has 0 aromatic heterocycles. The highest BCUT2D eigenvalue weighted by Gasteiger charge is 2.29. The molecule has 0 aliphatic carbocycles. The molecule has 1 aromatic rings. The Balaban J connectivity index is 1.90. The first-order valence-corrected chi connectivity index (χ1v) is 7.61. The van der Waals surface area contributed by atoms with Gasteiger partial charge in [0.1, 0.15) is 0 Å². The summed E-state index contributed by atoms with van der Waals surface area (Å²) in [5.74, 6) is 1.65. The summed E-state index contributed by atoms with van der Waals surface area (Å²) in [6.45, 7) is 6.43. The van der Waals surface area contributed by atoms with Crippen molar-refractivity contribution in [1.29, 1.82) is 0 Å². The molecule has 2 aliphatic rings. The van der Waals surface area contributed by atoms with Gasteiger partial charge in [0.25, 0.3) is 0 Å². The van der Waals surface area contributed by atoms with Crippen molar-refractivity contribution in [2.75, 3.05) is 54.0 Å². The number of ether oxygens (including phenoxy) is 2. The maximum absolute atomic E-state index is 5.48. The lowest BCUT2D eigenvalue weighted by Crippen LogP contribution is -2.49. The second-order valence-electron chi connectivity index (χ2n) is 5.89. The van der Waals surface area contributed by atoms with Crippen molar-refractivity contribution in [1.82, 2.24) is 15.1 Å². The zero-order chi connectivity index (χ0) is 14.8. The summed E-state index contributed by atoms with van der Waals surface area (Å²) in [7, 11) is 5.59. The highest BCUT2D eigenvalue weighted by atomic mass is 16.5. The number of fused-ring (bicyclic) bond motifs is 1.